The fourth-order valence-electron chi connectivity index (χ4n) is 6.31. The van der Waals surface area contributed by atoms with E-state index in [0.29, 0.717) is 0 Å². The van der Waals surface area contributed by atoms with Crippen LogP contribution in [0.5, 0.6) is 0 Å². The highest BCUT2D eigenvalue weighted by Gasteiger charge is 2.58. The van der Waals surface area contributed by atoms with Gasteiger partial charge in [0, 0.05) is 84.1 Å². The minimum Gasteiger partial charge on any atom is -0.264 e. The number of aliphatic imine (C=N–C) groups is 6. The monoisotopic (exact) mass is 390 g/mol. The SMILES string of the molecule is CCC1=NC2(C1)CC(C(C)(C)C(C1=NC3(CC(C)=N3)C1)C1=NC3(CC(C)=N3)C1)=N2. The normalized spacial score (nSPS) is 40.0. The first-order valence-electron chi connectivity index (χ1n) is 11.1. The van der Waals surface area contributed by atoms with E-state index in [1.54, 1.807) is 0 Å². The standard InChI is InChI=1S/C23H30N6/c1-6-15-9-23(26-15)12-18(29-23)20(4,5)19(16-10-21(27-16)7-13(2)24-21)17-11-22(28-17)8-14(3)25-22/h19H,6-12H2,1-5H3. The van der Waals surface area contributed by atoms with Crippen LogP contribution < -0.4 is 0 Å². The van der Waals surface area contributed by atoms with Crippen LogP contribution in [0.4, 0.5) is 0 Å². The maximum atomic E-state index is 5.06. The topological polar surface area (TPSA) is 74.2 Å². The molecule has 0 aromatic rings. The Bertz CT molecular complexity index is 974. The fraction of sp³-hybridized carbons (Fsp3) is 0.739. The molecule has 152 valence electrons. The van der Waals surface area contributed by atoms with Gasteiger partial charge in [0.2, 0.25) is 0 Å². The van der Waals surface area contributed by atoms with Gasteiger partial charge < -0.3 is 0 Å². The van der Waals surface area contributed by atoms with Gasteiger partial charge in [-0.25, -0.2) is 0 Å². The molecular weight excluding hydrogens is 360 g/mol. The van der Waals surface area contributed by atoms with E-state index in [9.17, 15) is 0 Å². The zero-order valence-electron chi connectivity index (χ0n) is 18.2. The van der Waals surface area contributed by atoms with Crippen LogP contribution in [-0.2, 0) is 0 Å². The molecule has 3 atom stereocenters. The molecule has 0 fully saturated rings. The van der Waals surface area contributed by atoms with E-state index in [-0.39, 0.29) is 28.3 Å². The number of hydrogen-bond donors (Lipinski definition) is 0. The van der Waals surface area contributed by atoms with Crippen LogP contribution in [0, 0.1) is 11.3 Å². The molecule has 6 heteroatoms. The molecule has 0 aromatic carbocycles. The first kappa shape index (κ1) is 17.8. The van der Waals surface area contributed by atoms with Gasteiger partial charge in [0.05, 0.1) is 0 Å². The van der Waals surface area contributed by atoms with Crippen LogP contribution >= 0.6 is 0 Å². The van der Waals surface area contributed by atoms with E-state index in [0.717, 1.165) is 44.9 Å². The molecule has 6 nitrogen and oxygen atoms in total. The van der Waals surface area contributed by atoms with Crippen molar-refractivity contribution in [2.45, 2.75) is 96.6 Å². The van der Waals surface area contributed by atoms with Crippen LogP contribution in [0.3, 0.4) is 0 Å². The Balaban J connectivity index is 1.31. The summed E-state index contributed by atoms with van der Waals surface area (Å²) in [7, 11) is 0. The van der Waals surface area contributed by atoms with Crippen molar-refractivity contribution in [3.63, 3.8) is 0 Å². The van der Waals surface area contributed by atoms with Crippen molar-refractivity contribution < 1.29 is 0 Å². The molecule has 0 saturated carbocycles. The van der Waals surface area contributed by atoms with E-state index < -0.39 is 0 Å². The lowest BCUT2D eigenvalue weighted by atomic mass is 9.60. The summed E-state index contributed by atoms with van der Waals surface area (Å²) in [5.41, 5.74) is 7.11. The molecule has 6 heterocycles. The molecule has 3 spiro atoms. The molecule has 0 bridgehead atoms. The summed E-state index contributed by atoms with van der Waals surface area (Å²) >= 11 is 0. The maximum Gasteiger partial charge on any atom is 0.160 e. The summed E-state index contributed by atoms with van der Waals surface area (Å²) in [6, 6.07) is 0. The second-order valence-corrected chi connectivity index (χ2v) is 10.7. The smallest absolute Gasteiger partial charge is 0.160 e. The second-order valence-electron chi connectivity index (χ2n) is 10.7. The lowest BCUT2D eigenvalue weighted by Crippen LogP contribution is -2.60. The lowest BCUT2D eigenvalue weighted by molar-refractivity contribution is 0.314. The van der Waals surface area contributed by atoms with Gasteiger partial charge in [0.15, 0.2) is 17.0 Å². The van der Waals surface area contributed by atoms with Crippen LogP contribution in [0.1, 0.15) is 79.6 Å². The van der Waals surface area contributed by atoms with Gasteiger partial charge in [-0.1, -0.05) is 20.8 Å². The average Bonchev–Trinajstić information content (AvgIpc) is 2.44. The van der Waals surface area contributed by atoms with Crippen LogP contribution in [-0.4, -0.2) is 51.3 Å². The van der Waals surface area contributed by atoms with Gasteiger partial charge in [-0.3, -0.25) is 30.0 Å². The number of rotatable bonds is 5. The Morgan fingerprint density at radius 3 is 1.52 bits per heavy atom. The third kappa shape index (κ3) is 2.34. The average molecular weight is 391 g/mol. The largest absolute Gasteiger partial charge is 0.264 e. The van der Waals surface area contributed by atoms with Gasteiger partial charge in [-0.15, -0.1) is 0 Å². The highest BCUT2D eigenvalue weighted by molar-refractivity contribution is 6.18. The summed E-state index contributed by atoms with van der Waals surface area (Å²) in [5, 5.41) is 0. The zero-order chi connectivity index (χ0) is 20.2. The molecular formula is C23H30N6. The second kappa shape index (κ2) is 5.19. The first-order valence-corrected chi connectivity index (χ1v) is 11.1. The summed E-state index contributed by atoms with van der Waals surface area (Å²) in [6.45, 7) is 11.0. The van der Waals surface area contributed by atoms with Gasteiger partial charge in [-0.2, -0.15) is 0 Å². The van der Waals surface area contributed by atoms with Crippen molar-refractivity contribution in [3.05, 3.63) is 0 Å². The van der Waals surface area contributed by atoms with Gasteiger partial charge in [-0.05, 0) is 20.3 Å². The predicted octanol–water partition coefficient (Wildman–Crippen LogP) is 4.24. The van der Waals surface area contributed by atoms with Crippen molar-refractivity contribution in [2.75, 3.05) is 0 Å². The van der Waals surface area contributed by atoms with E-state index in [4.69, 9.17) is 30.0 Å². The number of nitrogens with zero attached hydrogens (tertiary/aromatic N) is 6. The van der Waals surface area contributed by atoms with Gasteiger partial charge in [0.1, 0.15) is 0 Å². The summed E-state index contributed by atoms with van der Waals surface area (Å²) in [5.74, 6) is 0.233. The summed E-state index contributed by atoms with van der Waals surface area (Å²) in [4.78, 5) is 29.4. The van der Waals surface area contributed by atoms with Crippen LogP contribution in [0.2, 0.25) is 0 Å². The summed E-state index contributed by atoms with van der Waals surface area (Å²) in [6.07, 6.45) is 7.07. The quantitative estimate of drug-likeness (QED) is 0.674. The lowest BCUT2D eigenvalue weighted by Gasteiger charge is -2.54. The molecule has 6 aliphatic heterocycles. The predicted molar refractivity (Wildman–Crippen MR) is 119 cm³/mol. The highest BCUT2D eigenvalue weighted by atomic mass is 15.2. The first-order chi connectivity index (χ1) is 13.7. The van der Waals surface area contributed by atoms with Crippen molar-refractivity contribution in [2.24, 2.45) is 41.3 Å². The zero-order valence-corrected chi connectivity index (χ0v) is 18.2. The molecule has 29 heavy (non-hydrogen) atoms. The van der Waals surface area contributed by atoms with Gasteiger partial charge in [0.25, 0.3) is 0 Å². The van der Waals surface area contributed by atoms with Crippen molar-refractivity contribution in [3.8, 4) is 0 Å². The molecule has 0 aromatic heterocycles. The van der Waals surface area contributed by atoms with E-state index in [1.807, 2.05) is 0 Å². The Hall–Kier alpha value is -1.98. The highest BCUT2D eigenvalue weighted by Crippen LogP contribution is 2.53. The third-order valence-corrected chi connectivity index (χ3v) is 7.69. The van der Waals surface area contributed by atoms with Gasteiger partial charge >= 0.3 is 0 Å². The van der Waals surface area contributed by atoms with Crippen molar-refractivity contribution in [1.29, 1.82) is 0 Å². The third-order valence-electron chi connectivity index (χ3n) is 7.69. The Kier molecular flexibility index (Phi) is 3.19. The molecule has 6 aliphatic rings. The van der Waals surface area contributed by atoms with E-state index in [2.05, 4.69) is 34.6 Å². The maximum absolute atomic E-state index is 5.06. The summed E-state index contributed by atoms with van der Waals surface area (Å²) < 4.78 is 0. The van der Waals surface area contributed by atoms with Crippen LogP contribution in [0.25, 0.3) is 0 Å². The minimum atomic E-state index is -0.141. The molecule has 0 saturated heterocycles. The molecule has 6 rings (SSSR count). The molecule has 0 radical (unpaired) electrons. The minimum absolute atomic E-state index is 0.0748. The number of hydrogen-bond acceptors (Lipinski definition) is 6. The molecule has 0 N–H and O–H groups in total. The Labute approximate surface area is 172 Å². The Morgan fingerprint density at radius 1 is 0.724 bits per heavy atom. The molecule has 0 amide bonds. The van der Waals surface area contributed by atoms with Crippen molar-refractivity contribution in [1.82, 2.24) is 0 Å². The molecule has 3 unspecified atom stereocenters. The Morgan fingerprint density at radius 2 is 1.14 bits per heavy atom. The molecule has 0 aliphatic carbocycles. The fourth-order valence-corrected chi connectivity index (χ4v) is 6.31. The van der Waals surface area contributed by atoms with E-state index >= 15 is 0 Å². The van der Waals surface area contributed by atoms with Crippen LogP contribution in [0.15, 0.2) is 30.0 Å². The van der Waals surface area contributed by atoms with E-state index in [1.165, 1.54) is 34.3 Å². The van der Waals surface area contributed by atoms with Crippen molar-refractivity contribution >= 4 is 34.3 Å².